The second-order valence-corrected chi connectivity index (χ2v) is 5.46. The van der Waals surface area contributed by atoms with Gasteiger partial charge in [0.2, 0.25) is 0 Å². The molecule has 3 rings (SSSR count). The van der Waals surface area contributed by atoms with Crippen LogP contribution in [0, 0.1) is 10.1 Å². The van der Waals surface area contributed by atoms with Gasteiger partial charge < -0.3 is 4.48 Å². The SMILES string of the molecule is C[N+]1(C)CC1c1ccc2ccccc2c1[N+](=O)[O-]. The summed E-state index contributed by atoms with van der Waals surface area (Å²) in [6.45, 7) is 0.971. The van der Waals surface area contributed by atoms with Crippen molar-refractivity contribution in [2.75, 3.05) is 20.6 Å². The average molecular weight is 243 g/mol. The van der Waals surface area contributed by atoms with Gasteiger partial charge in [-0.05, 0) is 17.5 Å². The maximum atomic E-state index is 11.4. The lowest BCUT2D eigenvalue weighted by atomic mass is 10.0. The van der Waals surface area contributed by atoms with Crippen molar-refractivity contribution in [3.8, 4) is 0 Å². The van der Waals surface area contributed by atoms with Gasteiger partial charge in [-0.2, -0.15) is 0 Å². The van der Waals surface area contributed by atoms with Gasteiger partial charge in [-0.1, -0.05) is 24.3 Å². The van der Waals surface area contributed by atoms with Gasteiger partial charge in [-0.25, -0.2) is 0 Å². The number of rotatable bonds is 2. The van der Waals surface area contributed by atoms with Crippen LogP contribution in [0.25, 0.3) is 10.8 Å². The highest BCUT2D eigenvalue weighted by atomic mass is 16.6. The maximum absolute atomic E-state index is 11.4. The first-order valence-electron chi connectivity index (χ1n) is 5.99. The Bertz CT molecular complexity index is 649. The predicted molar refractivity (Wildman–Crippen MR) is 70.3 cm³/mol. The highest BCUT2D eigenvalue weighted by Gasteiger charge is 2.51. The van der Waals surface area contributed by atoms with E-state index in [1.165, 1.54) is 0 Å². The van der Waals surface area contributed by atoms with Crippen molar-refractivity contribution in [3.63, 3.8) is 0 Å². The smallest absolute Gasteiger partial charge is 0.286 e. The second-order valence-electron chi connectivity index (χ2n) is 5.46. The Morgan fingerprint density at radius 2 is 1.89 bits per heavy atom. The molecule has 1 aliphatic heterocycles. The molecule has 0 radical (unpaired) electrons. The Balaban J connectivity index is 2.27. The third kappa shape index (κ3) is 1.57. The number of hydrogen-bond donors (Lipinski definition) is 0. The summed E-state index contributed by atoms with van der Waals surface area (Å²) in [6.07, 6.45) is 0. The Morgan fingerprint density at radius 1 is 1.22 bits per heavy atom. The molecule has 0 amide bonds. The van der Waals surface area contributed by atoms with E-state index in [2.05, 4.69) is 14.1 Å². The maximum Gasteiger partial charge on any atom is 0.286 e. The number of fused-ring (bicyclic) bond motifs is 1. The van der Waals surface area contributed by atoms with Crippen LogP contribution in [-0.2, 0) is 0 Å². The predicted octanol–water partition coefficient (Wildman–Crippen LogP) is 2.88. The van der Waals surface area contributed by atoms with Crippen LogP contribution in [0.5, 0.6) is 0 Å². The second kappa shape index (κ2) is 3.53. The van der Waals surface area contributed by atoms with E-state index in [4.69, 9.17) is 0 Å². The number of nitrogens with zero attached hydrogens (tertiary/aromatic N) is 2. The third-order valence-corrected chi connectivity index (χ3v) is 3.83. The number of nitro benzene ring substituents is 1. The van der Waals surface area contributed by atoms with Gasteiger partial charge in [0.15, 0.2) is 6.04 Å². The van der Waals surface area contributed by atoms with Crippen molar-refractivity contribution in [3.05, 3.63) is 52.1 Å². The van der Waals surface area contributed by atoms with Gasteiger partial charge in [0.05, 0.1) is 30.0 Å². The van der Waals surface area contributed by atoms with E-state index in [-0.39, 0.29) is 16.7 Å². The fourth-order valence-corrected chi connectivity index (χ4v) is 2.62. The summed E-state index contributed by atoms with van der Waals surface area (Å²) < 4.78 is 0.833. The summed E-state index contributed by atoms with van der Waals surface area (Å²) >= 11 is 0. The minimum Gasteiger partial charge on any atom is -0.312 e. The molecule has 1 fully saturated rings. The molecule has 1 saturated heterocycles. The average Bonchev–Trinajstić information content (AvgIpc) is 2.96. The Morgan fingerprint density at radius 3 is 2.50 bits per heavy atom. The highest BCUT2D eigenvalue weighted by Crippen LogP contribution is 2.46. The van der Waals surface area contributed by atoms with Crippen LogP contribution < -0.4 is 0 Å². The van der Waals surface area contributed by atoms with Crippen LogP contribution in [0.15, 0.2) is 36.4 Å². The van der Waals surface area contributed by atoms with Crippen LogP contribution in [0.1, 0.15) is 11.6 Å². The molecule has 1 unspecified atom stereocenters. The molecule has 2 aromatic carbocycles. The van der Waals surface area contributed by atoms with Crippen molar-refractivity contribution >= 4 is 16.5 Å². The van der Waals surface area contributed by atoms with Crippen molar-refractivity contribution < 1.29 is 9.41 Å². The Labute approximate surface area is 105 Å². The summed E-state index contributed by atoms with van der Waals surface area (Å²) in [5.74, 6) is 0. The van der Waals surface area contributed by atoms with Crippen molar-refractivity contribution in [1.29, 1.82) is 0 Å². The van der Waals surface area contributed by atoms with Crippen LogP contribution >= 0.6 is 0 Å². The molecule has 2 aromatic rings. The van der Waals surface area contributed by atoms with Gasteiger partial charge in [0, 0.05) is 0 Å². The van der Waals surface area contributed by atoms with Crippen LogP contribution in [0.2, 0.25) is 0 Å². The molecule has 18 heavy (non-hydrogen) atoms. The minimum absolute atomic E-state index is 0.240. The molecule has 1 aliphatic rings. The molecule has 0 bridgehead atoms. The van der Waals surface area contributed by atoms with E-state index >= 15 is 0 Å². The lowest BCUT2D eigenvalue weighted by molar-refractivity contribution is -0.772. The number of likely N-dealkylation sites (N-methyl/N-ethyl adjacent to an activating group) is 1. The molecular formula is C14H15N2O2+. The molecule has 0 aromatic heterocycles. The van der Waals surface area contributed by atoms with Gasteiger partial charge in [-0.3, -0.25) is 10.1 Å². The summed E-state index contributed by atoms with van der Waals surface area (Å²) in [7, 11) is 4.20. The highest BCUT2D eigenvalue weighted by molar-refractivity contribution is 5.92. The molecule has 1 heterocycles. The summed E-state index contributed by atoms with van der Waals surface area (Å²) in [6, 6.07) is 11.7. The fourth-order valence-electron chi connectivity index (χ4n) is 2.62. The molecule has 1 atom stereocenters. The molecule has 0 N–H and O–H groups in total. The summed E-state index contributed by atoms with van der Waals surface area (Å²) in [5.41, 5.74) is 1.14. The topological polar surface area (TPSA) is 43.1 Å². The van der Waals surface area contributed by atoms with Crippen LogP contribution in [-0.4, -0.2) is 30.0 Å². The van der Waals surface area contributed by atoms with Crippen molar-refractivity contribution in [1.82, 2.24) is 0 Å². The quantitative estimate of drug-likeness (QED) is 0.352. The number of quaternary nitrogens is 1. The molecule has 0 aliphatic carbocycles. The zero-order valence-electron chi connectivity index (χ0n) is 10.5. The zero-order chi connectivity index (χ0) is 12.9. The van der Waals surface area contributed by atoms with Gasteiger partial charge in [0.1, 0.15) is 6.54 Å². The van der Waals surface area contributed by atoms with Crippen LogP contribution in [0.3, 0.4) is 0 Å². The van der Waals surface area contributed by atoms with Crippen LogP contribution in [0.4, 0.5) is 5.69 Å². The zero-order valence-corrected chi connectivity index (χ0v) is 10.5. The largest absolute Gasteiger partial charge is 0.312 e. The van der Waals surface area contributed by atoms with Gasteiger partial charge in [0.25, 0.3) is 5.69 Å². The normalized spacial score (nSPS) is 20.9. The third-order valence-electron chi connectivity index (χ3n) is 3.83. The Kier molecular flexibility index (Phi) is 2.19. The van der Waals surface area contributed by atoms with Gasteiger partial charge in [-0.15, -0.1) is 0 Å². The lowest BCUT2D eigenvalue weighted by Crippen LogP contribution is -2.13. The summed E-state index contributed by atoms with van der Waals surface area (Å²) in [5, 5.41) is 13.0. The molecule has 92 valence electrons. The first-order valence-corrected chi connectivity index (χ1v) is 5.99. The van der Waals surface area contributed by atoms with E-state index < -0.39 is 0 Å². The first-order chi connectivity index (χ1) is 8.50. The molecule has 0 saturated carbocycles. The van der Waals surface area contributed by atoms with E-state index in [1.807, 2.05) is 36.4 Å². The van der Waals surface area contributed by atoms with E-state index in [9.17, 15) is 10.1 Å². The number of hydrogen-bond acceptors (Lipinski definition) is 2. The standard InChI is InChI=1S/C14H15N2O2/c1-16(2)9-13(16)12-8-7-10-5-3-4-6-11(10)14(12)15(17)18/h3-8,13H,9H2,1-2H3/q+1. The number of nitro groups is 1. The van der Waals surface area contributed by atoms with E-state index in [0.717, 1.165) is 27.4 Å². The van der Waals surface area contributed by atoms with Crippen molar-refractivity contribution in [2.45, 2.75) is 6.04 Å². The fraction of sp³-hybridized carbons (Fsp3) is 0.286. The Hall–Kier alpha value is -1.94. The summed E-state index contributed by atoms with van der Waals surface area (Å²) in [4.78, 5) is 11.1. The minimum atomic E-state index is -0.240. The lowest BCUT2D eigenvalue weighted by Gasteiger charge is -2.08. The molecule has 4 heteroatoms. The van der Waals surface area contributed by atoms with E-state index in [1.54, 1.807) is 0 Å². The molecule has 0 spiro atoms. The molecular weight excluding hydrogens is 228 g/mol. The van der Waals surface area contributed by atoms with E-state index in [0.29, 0.717) is 0 Å². The monoisotopic (exact) mass is 243 g/mol. The van der Waals surface area contributed by atoms with Gasteiger partial charge >= 0.3 is 0 Å². The number of benzene rings is 2. The van der Waals surface area contributed by atoms with Crippen molar-refractivity contribution in [2.24, 2.45) is 0 Å². The first kappa shape index (κ1) is 11.2. The molecule has 4 nitrogen and oxygen atoms in total.